The lowest BCUT2D eigenvalue weighted by molar-refractivity contribution is 0.109. The first-order valence-corrected chi connectivity index (χ1v) is 5.06. The van der Waals surface area contributed by atoms with Crippen LogP contribution in [0.3, 0.4) is 0 Å². The zero-order valence-electron chi connectivity index (χ0n) is 9.78. The van der Waals surface area contributed by atoms with E-state index in [2.05, 4.69) is 10.1 Å². The zero-order chi connectivity index (χ0) is 11.5. The van der Waals surface area contributed by atoms with E-state index >= 15 is 0 Å². The zero-order valence-corrected chi connectivity index (χ0v) is 9.78. The minimum Gasteiger partial charge on any atom is -0.374 e. The Morgan fingerprint density at radius 1 is 1.53 bits per heavy atom. The number of hydrogen-bond donors (Lipinski definition) is 1. The molecule has 5 heteroatoms. The van der Waals surface area contributed by atoms with Crippen LogP contribution in [0, 0.1) is 0 Å². The van der Waals surface area contributed by atoms with Crippen molar-refractivity contribution in [1.29, 1.82) is 0 Å². The van der Waals surface area contributed by atoms with Gasteiger partial charge in [0.2, 0.25) is 5.89 Å². The fraction of sp³-hybridized carbons (Fsp3) is 0.800. The number of aryl methyl sites for hydroxylation is 1. The van der Waals surface area contributed by atoms with E-state index < -0.39 is 0 Å². The van der Waals surface area contributed by atoms with E-state index in [-0.39, 0.29) is 11.6 Å². The number of rotatable bonds is 5. The monoisotopic (exact) mass is 213 g/mol. The maximum Gasteiger partial charge on any atom is 0.226 e. The molecule has 1 rings (SSSR count). The molecule has 1 aromatic rings. The number of methoxy groups -OCH3 is 1. The summed E-state index contributed by atoms with van der Waals surface area (Å²) in [5.41, 5.74) is 5.65. The van der Waals surface area contributed by atoms with E-state index in [4.69, 9.17) is 15.0 Å². The summed E-state index contributed by atoms with van der Waals surface area (Å²) in [6, 6.07) is 0. The molecule has 0 fully saturated rings. The van der Waals surface area contributed by atoms with E-state index in [1.807, 2.05) is 20.8 Å². The van der Waals surface area contributed by atoms with Gasteiger partial charge in [0.05, 0.1) is 0 Å². The first-order valence-electron chi connectivity index (χ1n) is 5.06. The Morgan fingerprint density at radius 3 is 2.73 bits per heavy atom. The van der Waals surface area contributed by atoms with E-state index in [0.29, 0.717) is 18.1 Å². The SMILES string of the molecule is COC(C)c1noc(CCC(C)(C)N)n1. The maximum atomic E-state index is 5.86. The first-order chi connectivity index (χ1) is 6.92. The van der Waals surface area contributed by atoms with Gasteiger partial charge >= 0.3 is 0 Å². The summed E-state index contributed by atoms with van der Waals surface area (Å²) < 4.78 is 10.2. The molecule has 0 radical (unpaired) electrons. The topological polar surface area (TPSA) is 74.2 Å². The summed E-state index contributed by atoms with van der Waals surface area (Å²) in [6.07, 6.45) is 1.39. The standard InChI is InChI=1S/C10H19N3O2/c1-7(14-4)9-12-8(15-13-9)5-6-10(2,3)11/h7H,5-6,11H2,1-4H3. The van der Waals surface area contributed by atoms with Gasteiger partial charge in [-0.3, -0.25) is 0 Å². The van der Waals surface area contributed by atoms with Crippen LogP contribution in [0.1, 0.15) is 45.0 Å². The summed E-state index contributed by atoms with van der Waals surface area (Å²) in [4.78, 5) is 4.23. The van der Waals surface area contributed by atoms with Crippen LogP contribution in [-0.4, -0.2) is 22.8 Å². The second kappa shape index (κ2) is 4.72. The number of nitrogens with two attached hydrogens (primary N) is 1. The summed E-state index contributed by atoms with van der Waals surface area (Å²) in [5, 5.41) is 3.84. The van der Waals surface area contributed by atoms with Crippen LogP contribution >= 0.6 is 0 Å². The van der Waals surface area contributed by atoms with Gasteiger partial charge in [0.25, 0.3) is 0 Å². The quantitative estimate of drug-likeness (QED) is 0.801. The van der Waals surface area contributed by atoms with Crippen LogP contribution in [0.4, 0.5) is 0 Å². The van der Waals surface area contributed by atoms with Gasteiger partial charge in [-0.2, -0.15) is 4.98 Å². The lowest BCUT2D eigenvalue weighted by Gasteiger charge is -2.16. The van der Waals surface area contributed by atoms with E-state index in [1.165, 1.54) is 0 Å². The summed E-state index contributed by atoms with van der Waals surface area (Å²) in [6.45, 7) is 5.83. The summed E-state index contributed by atoms with van der Waals surface area (Å²) >= 11 is 0. The highest BCUT2D eigenvalue weighted by Crippen LogP contribution is 2.14. The minimum absolute atomic E-state index is 0.131. The number of ether oxygens (including phenoxy) is 1. The molecule has 0 amide bonds. The van der Waals surface area contributed by atoms with Crippen molar-refractivity contribution in [2.24, 2.45) is 5.73 Å². The van der Waals surface area contributed by atoms with Crippen LogP contribution in [0.5, 0.6) is 0 Å². The van der Waals surface area contributed by atoms with Gasteiger partial charge in [0.1, 0.15) is 6.10 Å². The van der Waals surface area contributed by atoms with Crippen molar-refractivity contribution >= 4 is 0 Å². The highest BCUT2D eigenvalue weighted by atomic mass is 16.5. The normalized spacial score (nSPS) is 14.2. The highest BCUT2D eigenvalue weighted by Gasteiger charge is 2.16. The smallest absolute Gasteiger partial charge is 0.226 e. The van der Waals surface area contributed by atoms with Crippen molar-refractivity contribution < 1.29 is 9.26 Å². The molecular formula is C10H19N3O2. The molecule has 0 aliphatic rings. The third-order valence-corrected chi connectivity index (χ3v) is 2.18. The van der Waals surface area contributed by atoms with Crippen LogP contribution in [-0.2, 0) is 11.2 Å². The second-order valence-electron chi connectivity index (χ2n) is 4.41. The molecule has 1 unspecified atom stereocenters. The maximum absolute atomic E-state index is 5.86. The molecule has 0 aliphatic carbocycles. The lowest BCUT2D eigenvalue weighted by atomic mass is 10.0. The molecule has 0 aromatic carbocycles. The average molecular weight is 213 g/mol. The molecule has 15 heavy (non-hydrogen) atoms. The van der Waals surface area contributed by atoms with Crippen LogP contribution in [0.2, 0.25) is 0 Å². The Kier molecular flexibility index (Phi) is 3.82. The summed E-state index contributed by atoms with van der Waals surface area (Å²) in [5.74, 6) is 1.20. The van der Waals surface area contributed by atoms with Crippen LogP contribution in [0.15, 0.2) is 4.52 Å². The average Bonchev–Trinajstić information content (AvgIpc) is 2.61. The Hall–Kier alpha value is -0.940. The fourth-order valence-corrected chi connectivity index (χ4v) is 1.07. The largest absolute Gasteiger partial charge is 0.374 e. The van der Waals surface area contributed by atoms with Gasteiger partial charge in [-0.25, -0.2) is 0 Å². The molecule has 86 valence electrons. The molecule has 0 saturated carbocycles. The van der Waals surface area contributed by atoms with Crippen molar-refractivity contribution in [2.45, 2.75) is 45.3 Å². The van der Waals surface area contributed by atoms with E-state index in [9.17, 15) is 0 Å². The molecule has 0 bridgehead atoms. The van der Waals surface area contributed by atoms with Crippen LogP contribution < -0.4 is 5.73 Å². The van der Waals surface area contributed by atoms with Gasteiger partial charge in [-0.1, -0.05) is 5.16 Å². The number of hydrogen-bond acceptors (Lipinski definition) is 5. The molecule has 1 atom stereocenters. The van der Waals surface area contributed by atoms with Gasteiger partial charge in [0.15, 0.2) is 5.82 Å². The number of aromatic nitrogens is 2. The predicted octanol–water partition coefficient (Wildman–Crippen LogP) is 1.45. The fourth-order valence-electron chi connectivity index (χ4n) is 1.07. The number of nitrogens with zero attached hydrogens (tertiary/aromatic N) is 2. The van der Waals surface area contributed by atoms with Crippen molar-refractivity contribution in [3.05, 3.63) is 11.7 Å². The molecule has 0 aliphatic heterocycles. The van der Waals surface area contributed by atoms with E-state index in [1.54, 1.807) is 7.11 Å². The summed E-state index contributed by atoms with van der Waals surface area (Å²) in [7, 11) is 1.61. The molecule has 1 heterocycles. The molecule has 2 N–H and O–H groups in total. The molecule has 0 spiro atoms. The van der Waals surface area contributed by atoms with Gasteiger partial charge in [0, 0.05) is 19.1 Å². The van der Waals surface area contributed by atoms with Crippen LogP contribution in [0.25, 0.3) is 0 Å². The highest BCUT2D eigenvalue weighted by molar-refractivity contribution is 4.91. The molecule has 0 saturated heterocycles. The first kappa shape index (κ1) is 12.1. The van der Waals surface area contributed by atoms with Crippen molar-refractivity contribution in [1.82, 2.24) is 10.1 Å². The Labute approximate surface area is 90.0 Å². The molecule has 1 aromatic heterocycles. The van der Waals surface area contributed by atoms with Crippen molar-refractivity contribution in [3.8, 4) is 0 Å². The Bertz CT molecular complexity index is 304. The van der Waals surface area contributed by atoms with Crippen molar-refractivity contribution in [3.63, 3.8) is 0 Å². The van der Waals surface area contributed by atoms with Gasteiger partial charge in [-0.15, -0.1) is 0 Å². The Balaban J connectivity index is 2.53. The van der Waals surface area contributed by atoms with Crippen molar-refractivity contribution in [2.75, 3.05) is 7.11 Å². The third kappa shape index (κ3) is 3.97. The lowest BCUT2D eigenvalue weighted by Crippen LogP contribution is -2.32. The Morgan fingerprint density at radius 2 is 2.20 bits per heavy atom. The van der Waals surface area contributed by atoms with Gasteiger partial charge < -0.3 is 15.0 Å². The third-order valence-electron chi connectivity index (χ3n) is 2.18. The molecular weight excluding hydrogens is 194 g/mol. The van der Waals surface area contributed by atoms with Gasteiger partial charge in [-0.05, 0) is 27.2 Å². The molecule has 5 nitrogen and oxygen atoms in total. The second-order valence-corrected chi connectivity index (χ2v) is 4.41. The predicted molar refractivity (Wildman–Crippen MR) is 56.3 cm³/mol. The minimum atomic E-state index is -0.207. The van der Waals surface area contributed by atoms with E-state index in [0.717, 1.165) is 6.42 Å².